The van der Waals surface area contributed by atoms with Gasteiger partial charge in [0.25, 0.3) is 0 Å². The summed E-state index contributed by atoms with van der Waals surface area (Å²) in [5, 5.41) is 8.89. The average molecular weight is 541 g/mol. The number of piperidine rings is 1. The molecule has 1 fully saturated rings. The van der Waals surface area contributed by atoms with E-state index in [0.29, 0.717) is 30.0 Å². The van der Waals surface area contributed by atoms with Gasteiger partial charge >= 0.3 is 6.18 Å². The van der Waals surface area contributed by atoms with Crippen LogP contribution in [0.2, 0.25) is 0 Å². The average Bonchev–Trinajstić information content (AvgIpc) is 3.31. The summed E-state index contributed by atoms with van der Waals surface area (Å²) in [6.07, 6.45) is -1.01. The number of carbonyl (C=O) groups is 1. The molecule has 1 aromatic heterocycles. The molecule has 5 rings (SSSR count). The van der Waals surface area contributed by atoms with E-state index >= 15 is 0 Å². The summed E-state index contributed by atoms with van der Waals surface area (Å²) < 4.78 is 46.8. The SMILES string of the molecule is COc1cc(NC(=O)C2CCN(C)CC2)ccc1Nc1ncc(C(F)(F)F)c(NC2Cc3ccccc3C2)n1. The first kappa shape index (κ1) is 26.7. The van der Waals surface area contributed by atoms with Gasteiger partial charge in [0.05, 0.1) is 12.8 Å². The first-order chi connectivity index (χ1) is 18.7. The highest BCUT2D eigenvalue weighted by Crippen LogP contribution is 2.36. The van der Waals surface area contributed by atoms with Gasteiger partial charge in [-0.2, -0.15) is 18.2 Å². The fourth-order valence-corrected chi connectivity index (χ4v) is 5.12. The molecular formula is C28H31F3N6O2. The van der Waals surface area contributed by atoms with Gasteiger partial charge in [0.1, 0.15) is 17.1 Å². The Hall–Kier alpha value is -3.86. The quantitative estimate of drug-likeness (QED) is 0.384. The van der Waals surface area contributed by atoms with Crippen molar-refractivity contribution in [3.63, 3.8) is 0 Å². The third kappa shape index (κ3) is 6.25. The van der Waals surface area contributed by atoms with Crippen molar-refractivity contribution in [2.45, 2.75) is 37.9 Å². The Bertz CT molecular complexity index is 1320. The standard InChI is InChI=1S/C28H31F3N6O2/c1-37-11-9-17(10-12-37)26(38)34-20-7-8-23(24(15-20)39-2)35-27-32-16-22(28(29,30)31)25(36-27)33-21-13-18-5-3-4-6-19(18)14-21/h3-8,15-17,21H,9-14H2,1-2H3,(H,34,38)(H2,32,33,35,36). The maximum Gasteiger partial charge on any atom is 0.421 e. The van der Waals surface area contributed by atoms with Gasteiger partial charge in [0.15, 0.2) is 0 Å². The van der Waals surface area contributed by atoms with E-state index in [1.807, 2.05) is 31.3 Å². The molecule has 0 radical (unpaired) electrons. The van der Waals surface area contributed by atoms with Crippen molar-refractivity contribution in [3.05, 3.63) is 65.4 Å². The maximum absolute atomic E-state index is 13.8. The number of carbonyl (C=O) groups excluding carboxylic acids is 1. The number of hydrogen-bond donors (Lipinski definition) is 3. The number of aromatic nitrogens is 2. The fourth-order valence-electron chi connectivity index (χ4n) is 5.12. The maximum atomic E-state index is 13.8. The summed E-state index contributed by atoms with van der Waals surface area (Å²) in [6.45, 7) is 1.75. The number of fused-ring (bicyclic) bond motifs is 1. The van der Waals surface area contributed by atoms with Crippen molar-refractivity contribution >= 4 is 29.0 Å². The molecule has 1 aliphatic carbocycles. The summed E-state index contributed by atoms with van der Waals surface area (Å²) in [6, 6.07) is 12.6. The van der Waals surface area contributed by atoms with Crippen molar-refractivity contribution in [2.75, 3.05) is 43.2 Å². The number of nitrogens with zero attached hydrogens (tertiary/aromatic N) is 3. The molecule has 3 aromatic rings. The third-order valence-corrected chi connectivity index (χ3v) is 7.29. The van der Waals surface area contributed by atoms with Gasteiger partial charge in [-0.25, -0.2) is 4.98 Å². The second-order valence-electron chi connectivity index (χ2n) is 10.1. The van der Waals surface area contributed by atoms with Crippen molar-refractivity contribution < 1.29 is 22.7 Å². The molecule has 1 aliphatic heterocycles. The van der Waals surface area contributed by atoms with Gasteiger partial charge in [-0.3, -0.25) is 4.79 Å². The van der Waals surface area contributed by atoms with Crippen LogP contribution in [-0.2, 0) is 23.8 Å². The lowest BCUT2D eigenvalue weighted by Crippen LogP contribution is -2.35. The second kappa shape index (κ2) is 11.1. The van der Waals surface area contributed by atoms with Crippen LogP contribution in [0, 0.1) is 5.92 Å². The lowest BCUT2D eigenvalue weighted by molar-refractivity contribution is -0.137. The van der Waals surface area contributed by atoms with E-state index in [4.69, 9.17) is 4.74 Å². The van der Waals surface area contributed by atoms with Crippen molar-refractivity contribution in [1.82, 2.24) is 14.9 Å². The number of methoxy groups -OCH3 is 1. The van der Waals surface area contributed by atoms with Crippen LogP contribution in [0.25, 0.3) is 0 Å². The second-order valence-corrected chi connectivity index (χ2v) is 10.1. The Balaban J connectivity index is 1.32. The van der Waals surface area contributed by atoms with Crippen molar-refractivity contribution in [1.29, 1.82) is 0 Å². The smallest absolute Gasteiger partial charge is 0.421 e. The summed E-state index contributed by atoms with van der Waals surface area (Å²) in [5.41, 5.74) is 2.32. The number of benzene rings is 2. The number of anilines is 4. The number of hydrogen-bond acceptors (Lipinski definition) is 7. The number of likely N-dealkylation sites (tertiary alicyclic amines) is 1. The van der Waals surface area contributed by atoms with Gasteiger partial charge < -0.3 is 25.6 Å². The summed E-state index contributed by atoms with van der Waals surface area (Å²) in [4.78, 5) is 23.0. The van der Waals surface area contributed by atoms with E-state index in [0.717, 1.165) is 43.3 Å². The van der Waals surface area contributed by atoms with E-state index in [-0.39, 0.29) is 29.6 Å². The molecule has 8 nitrogen and oxygen atoms in total. The molecule has 0 spiro atoms. The van der Waals surface area contributed by atoms with Gasteiger partial charge in [-0.1, -0.05) is 24.3 Å². The summed E-state index contributed by atoms with van der Waals surface area (Å²) >= 11 is 0. The first-order valence-electron chi connectivity index (χ1n) is 12.9. The minimum Gasteiger partial charge on any atom is -0.494 e. The minimum absolute atomic E-state index is 0.0116. The van der Waals surface area contributed by atoms with Crippen LogP contribution >= 0.6 is 0 Å². The highest BCUT2D eigenvalue weighted by Gasteiger charge is 2.36. The topological polar surface area (TPSA) is 91.4 Å². The fraction of sp³-hybridized carbons (Fsp3) is 0.393. The Labute approximate surface area is 225 Å². The molecule has 1 saturated heterocycles. The molecule has 0 bridgehead atoms. The van der Waals surface area contributed by atoms with Gasteiger partial charge in [0, 0.05) is 29.9 Å². The number of rotatable bonds is 7. The molecule has 1 amide bonds. The molecule has 11 heteroatoms. The van der Waals surface area contributed by atoms with E-state index in [2.05, 4.69) is 30.8 Å². The monoisotopic (exact) mass is 540 g/mol. The molecule has 0 atom stereocenters. The molecule has 2 heterocycles. The summed E-state index contributed by atoms with van der Waals surface area (Å²) in [7, 11) is 3.51. The van der Waals surface area contributed by atoms with Gasteiger partial charge in [0.2, 0.25) is 11.9 Å². The lowest BCUT2D eigenvalue weighted by atomic mass is 9.96. The highest BCUT2D eigenvalue weighted by atomic mass is 19.4. The minimum atomic E-state index is -4.61. The Morgan fingerprint density at radius 3 is 2.41 bits per heavy atom. The Kier molecular flexibility index (Phi) is 7.60. The molecule has 2 aliphatic rings. The highest BCUT2D eigenvalue weighted by molar-refractivity contribution is 5.93. The zero-order chi connectivity index (χ0) is 27.6. The third-order valence-electron chi connectivity index (χ3n) is 7.29. The predicted octanol–water partition coefficient (Wildman–Crippen LogP) is 5.11. The van der Waals surface area contributed by atoms with Crippen LogP contribution in [0.5, 0.6) is 5.75 Å². The predicted molar refractivity (Wildman–Crippen MR) is 143 cm³/mol. The molecule has 206 valence electrons. The van der Waals surface area contributed by atoms with Crippen LogP contribution < -0.4 is 20.7 Å². The molecule has 0 unspecified atom stereocenters. The number of nitrogens with one attached hydrogen (secondary N) is 3. The number of ether oxygens (including phenoxy) is 1. The van der Waals surface area contributed by atoms with Crippen LogP contribution in [0.4, 0.5) is 36.3 Å². The van der Waals surface area contributed by atoms with E-state index in [1.165, 1.54) is 7.11 Å². The molecule has 3 N–H and O–H groups in total. The van der Waals surface area contributed by atoms with E-state index in [9.17, 15) is 18.0 Å². The zero-order valence-corrected chi connectivity index (χ0v) is 21.8. The van der Waals surface area contributed by atoms with Gasteiger partial charge in [-0.05, 0) is 69.1 Å². The van der Waals surface area contributed by atoms with Crippen molar-refractivity contribution in [3.8, 4) is 5.75 Å². The zero-order valence-electron chi connectivity index (χ0n) is 21.8. The van der Waals surface area contributed by atoms with Crippen LogP contribution in [-0.4, -0.2) is 54.1 Å². The summed E-state index contributed by atoms with van der Waals surface area (Å²) in [5.74, 6) is 0.00692. The lowest BCUT2D eigenvalue weighted by Gasteiger charge is -2.28. The van der Waals surface area contributed by atoms with Crippen LogP contribution in [0.15, 0.2) is 48.7 Å². The van der Waals surface area contributed by atoms with E-state index < -0.39 is 11.7 Å². The molecule has 0 saturated carbocycles. The molecular weight excluding hydrogens is 509 g/mol. The number of alkyl halides is 3. The first-order valence-corrected chi connectivity index (χ1v) is 12.9. The number of halogens is 3. The van der Waals surface area contributed by atoms with Crippen LogP contribution in [0.3, 0.4) is 0 Å². The van der Waals surface area contributed by atoms with Crippen LogP contribution in [0.1, 0.15) is 29.5 Å². The normalized spacial score (nSPS) is 16.5. The Morgan fingerprint density at radius 2 is 1.77 bits per heavy atom. The van der Waals surface area contributed by atoms with Crippen molar-refractivity contribution in [2.24, 2.45) is 5.92 Å². The largest absolute Gasteiger partial charge is 0.494 e. The molecule has 2 aromatic carbocycles. The number of amides is 1. The van der Waals surface area contributed by atoms with Gasteiger partial charge in [-0.15, -0.1) is 0 Å². The van der Waals surface area contributed by atoms with E-state index in [1.54, 1.807) is 18.2 Å². The Morgan fingerprint density at radius 1 is 1.08 bits per heavy atom. The molecule has 39 heavy (non-hydrogen) atoms.